The molecule has 1 amide bonds. The van der Waals surface area contributed by atoms with Gasteiger partial charge in [-0.1, -0.05) is 52.5 Å². The van der Waals surface area contributed by atoms with E-state index in [1.54, 1.807) is 6.07 Å². The maximum absolute atomic E-state index is 13.8. The Hall–Kier alpha value is -1.38. The van der Waals surface area contributed by atoms with Crippen molar-refractivity contribution in [1.82, 2.24) is 5.32 Å². The van der Waals surface area contributed by atoms with E-state index in [0.29, 0.717) is 17.9 Å². The first kappa shape index (κ1) is 25.2. The van der Waals surface area contributed by atoms with Crippen molar-refractivity contribution >= 4 is 58.0 Å². The number of amides is 1. The molecule has 0 aliphatic heterocycles. The third-order valence-electron chi connectivity index (χ3n) is 5.18. The average molecular weight is 530 g/mol. The Morgan fingerprint density at radius 2 is 1.66 bits per heavy atom. The normalized spacial score (nSPS) is 15.9. The Bertz CT molecular complexity index is 992. The van der Waals surface area contributed by atoms with Crippen LogP contribution in [0.25, 0.3) is 0 Å². The highest BCUT2D eigenvalue weighted by molar-refractivity contribution is 6.48. The van der Waals surface area contributed by atoms with Gasteiger partial charge in [-0.05, 0) is 54.2 Å². The Kier molecular flexibility index (Phi) is 7.77. The number of halogens is 7. The molecule has 4 nitrogen and oxygen atoms in total. The van der Waals surface area contributed by atoms with Crippen molar-refractivity contribution in [2.24, 2.45) is 5.92 Å². The van der Waals surface area contributed by atoms with Gasteiger partial charge in [-0.25, -0.2) is 0 Å². The lowest BCUT2D eigenvalue weighted by Crippen LogP contribution is -2.47. The molecule has 2 aromatic carbocycles. The number of nitrogens with one attached hydrogen (secondary N) is 2. The SMILES string of the molecule is O=C(CC1CC1)NCc1ccc(NC[C@](O)(c2cc(Cl)c(Cl)c(Cl)c2)C(F)(F)F)cc1Cl. The maximum atomic E-state index is 13.8. The Morgan fingerprint density at radius 1 is 1.03 bits per heavy atom. The van der Waals surface area contributed by atoms with E-state index in [9.17, 15) is 23.1 Å². The van der Waals surface area contributed by atoms with Crippen molar-refractivity contribution in [2.45, 2.75) is 37.6 Å². The van der Waals surface area contributed by atoms with E-state index in [4.69, 9.17) is 46.4 Å². The molecule has 174 valence electrons. The lowest BCUT2D eigenvalue weighted by Gasteiger charge is -2.32. The second kappa shape index (κ2) is 9.85. The second-order valence-corrected chi connectivity index (χ2v) is 9.30. The summed E-state index contributed by atoms with van der Waals surface area (Å²) in [5.74, 6) is 0.385. The van der Waals surface area contributed by atoms with Crippen LogP contribution in [0, 0.1) is 5.92 Å². The van der Waals surface area contributed by atoms with Gasteiger partial charge in [0.1, 0.15) is 0 Å². The topological polar surface area (TPSA) is 61.4 Å². The highest BCUT2D eigenvalue weighted by atomic mass is 35.5. The van der Waals surface area contributed by atoms with Gasteiger partial charge >= 0.3 is 6.18 Å². The molecule has 1 aliphatic rings. The van der Waals surface area contributed by atoms with Crippen LogP contribution in [0.5, 0.6) is 0 Å². The van der Waals surface area contributed by atoms with Gasteiger partial charge in [0, 0.05) is 23.7 Å². The minimum Gasteiger partial charge on any atom is -0.381 e. The van der Waals surface area contributed by atoms with E-state index in [1.807, 2.05) is 0 Å². The van der Waals surface area contributed by atoms with E-state index < -0.39 is 23.9 Å². The van der Waals surface area contributed by atoms with E-state index in [2.05, 4.69) is 10.6 Å². The van der Waals surface area contributed by atoms with Crippen LogP contribution in [0.2, 0.25) is 20.1 Å². The molecule has 2 aromatic rings. The molecule has 0 aromatic heterocycles. The number of benzene rings is 2. The summed E-state index contributed by atoms with van der Waals surface area (Å²) in [4.78, 5) is 11.8. The molecule has 1 fully saturated rings. The summed E-state index contributed by atoms with van der Waals surface area (Å²) >= 11 is 23.7. The largest absolute Gasteiger partial charge is 0.423 e. The van der Waals surface area contributed by atoms with Crippen LogP contribution in [-0.4, -0.2) is 23.7 Å². The standard InChI is InChI=1S/C21H19Cl4F3N2O2/c22-15-8-14(4-3-12(15)9-29-18(31)5-11-1-2-11)30-10-20(32,21(26,27)28)13-6-16(23)19(25)17(24)7-13/h3-4,6-8,11,30,32H,1-2,5,9-10H2,(H,29,31)/t20-/m0/s1. The van der Waals surface area contributed by atoms with Crippen molar-refractivity contribution in [3.8, 4) is 0 Å². The number of anilines is 1. The number of hydrogen-bond donors (Lipinski definition) is 3. The molecular weight excluding hydrogens is 511 g/mol. The highest BCUT2D eigenvalue weighted by Gasteiger charge is 2.55. The summed E-state index contributed by atoms with van der Waals surface area (Å²) in [6.45, 7) is -0.725. The predicted molar refractivity (Wildman–Crippen MR) is 121 cm³/mol. The fourth-order valence-electron chi connectivity index (χ4n) is 3.04. The molecule has 1 aliphatic carbocycles. The smallest absolute Gasteiger partial charge is 0.381 e. The number of aliphatic hydroxyl groups is 1. The summed E-state index contributed by atoms with van der Waals surface area (Å²) in [5.41, 5.74) is -2.99. The zero-order valence-electron chi connectivity index (χ0n) is 16.5. The van der Waals surface area contributed by atoms with Gasteiger partial charge in [0.05, 0.1) is 21.6 Å². The minimum absolute atomic E-state index is 0.0682. The Labute approximate surface area is 203 Å². The fraction of sp³-hybridized carbons (Fsp3) is 0.381. The van der Waals surface area contributed by atoms with Gasteiger partial charge in [0.15, 0.2) is 0 Å². The summed E-state index contributed by atoms with van der Waals surface area (Å²) < 4.78 is 41.4. The van der Waals surface area contributed by atoms with Crippen LogP contribution in [0.1, 0.15) is 30.4 Å². The van der Waals surface area contributed by atoms with Crippen LogP contribution in [-0.2, 0) is 16.9 Å². The van der Waals surface area contributed by atoms with Crippen LogP contribution in [0.15, 0.2) is 30.3 Å². The van der Waals surface area contributed by atoms with Crippen molar-refractivity contribution < 1.29 is 23.1 Å². The van der Waals surface area contributed by atoms with Crippen LogP contribution < -0.4 is 10.6 Å². The summed E-state index contributed by atoms with van der Waals surface area (Å²) in [5, 5.41) is 15.6. The summed E-state index contributed by atoms with van der Waals surface area (Å²) in [6, 6.07) is 6.36. The minimum atomic E-state index is -5.05. The number of hydrogen-bond acceptors (Lipinski definition) is 3. The van der Waals surface area contributed by atoms with E-state index in [-0.39, 0.29) is 38.2 Å². The molecule has 3 N–H and O–H groups in total. The van der Waals surface area contributed by atoms with Crippen LogP contribution >= 0.6 is 46.4 Å². The van der Waals surface area contributed by atoms with Crippen molar-refractivity contribution in [1.29, 1.82) is 0 Å². The van der Waals surface area contributed by atoms with Gasteiger partial charge in [-0.15, -0.1) is 0 Å². The molecule has 11 heteroatoms. The summed E-state index contributed by atoms with van der Waals surface area (Å²) in [7, 11) is 0. The van der Waals surface area contributed by atoms with Crippen LogP contribution in [0.4, 0.5) is 18.9 Å². The lowest BCUT2D eigenvalue weighted by molar-refractivity contribution is -0.260. The molecule has 32 heavy (non-hydrogen) atoms. The highest BCUT2D eigenvalue weighted by Crippen LogP contribution is 2.43. The molecule has 0 spiro atoms. The molecular formula is C21H19Cl4F3N2O2. The number of carbonyl (C=O) groups excluding carboxylic acids is 1. The first-order valence-corrected chi connectivity index (χ1v) is 11.1. The quantitative estimate of drug-likeness (QED) is 0.338. The summed E-state index contributed by atoms with van der Waals surface area (Å²) in [6.07, 6.45) is -2.44. The number of alkyl halides is 3. The zero-order chi connectivity index (χ0) is 23.7. The molecule has 0 heterocycles. The van der Waals surface area contributed by atoms with E-state index in [1.165, 1.54) is 12.1 Å². The fourth-order valence-corrected chi connectivity index (χ4v) is 3.88. The number of rotatable bonds is 8. The molecule has 0 saturated heterocycles. The molecule has 0 unspecified atom stereocenters. The molecule has 1 atom stereocenters. The maximum Gasteiger partial charge on any atom is 0.423 e. The third-order valence-corrected chi connectivity index (χ3v) is 6.73. The first-order valence-electron chi connectivity index (χ1n) is 9.64. The van der Waals surface area contributed by atoms with Crippen molar-refractivity contribution in [3.05, 3.63) is 61.5 Å². The van der Waals surface area contributed by atoms with Gasteiger partial charge in [0.2, 0.25) is 11.5 Å². The monoisotopic (exact) mass is 528 g/mol. The van der Waals surface area contributed by atoms with Gasteiger partial charge in [-0.3, -0.25) is 4.79 Å². The zero-order valence-corrected chi connectivity index (χ0v) is 19.5. The number of carbonyl (C=O) groups is 1. The first-order chi connectivity index (χ1) is 14.9. The van der Waals surface area contributed by atoms with Gasteiger partial charge < -0.3 is 15.7 Å². The van der Waals surface area contributed by atoms with Gasteiger partial charge in [-0.2, -0.15) is 13.2 Å². The van der Waals surface area contributed by atoms with Crippen molar-refractivity contribution in [3.63, 3.8) is 0 Å². The molecule has 3 rings (SSSR count). The molecule has 0 bridgehead atoms. The molecule has 1 saturated carbocycles. The predicted octanol–water partition coefficient (Wildman–Crippen LogP) is 6.58. The third kappa shape index (κ3) is 5.94. The van der Waals surface area contributed by atoms with Crippen LogP contribution in [0.3, 0.4) is 0 Å². The average Bonchev–Trinajstić information content (AvgIpc) is 3.52. The van der Waals surface area contributed by atoms with E-state index in [0.717, 1.165) is 25.0 Å². The van der Waals surface area contributed by atoms with E-state index >= 15 is 0 Å². The molecule has 0 radical (unpaired) electrons. The lowest BCUT2D eigenvalue weighted by atomic mass is 9.92. The second-order valence-electron chi connectivity index (χ2n) is 7.70. The Morgan fingerprint density at radius 3 is 2.19 bits per heavy atom. The van der Waals surface area contributed by atoms with Gasteiger partial charge in [0.25, 0.3) is 0 Å². The Balaban J connectivity index is 1.72. The van der Waals surface area contributed by atoms with Crippen molar-refractivity contribution in [2.75, 3.05) is 11.9 Å².